The first-order chi connectivity index (χ1) is 8.65. The second-order valence-corrected chi connectivity index (χ2v) is 6.20. The first kappa shape index (κ1) is 15.9. The zero-order chi connectivity index (χ0) is 14.6. The maximum atomic E-state index is 11.8. The quantitative estimate of drug-likeness (QED) is 0.776. The molecule has 2 N–H and O–H groups in total. The Labute approximate surface area is 114 Å². The fourth-order valence-electron chi connectivity index (χ4n) is 2.15. The van der Waals surface area contributed by atoms with Crippen LogP contribution in [0.4, 0.5) is 4.79 Å². The first-order valence-corrected chi connectivity index (χ1v) is 6.65. The van der Waals surface area contributed by atoms with Crippen LogP contribution in [0.25, 0.3) is 0 Å². The van der Waals surface area contributed by atoms with Gasteiger partial charge in [0, 0.05) is 18.6 Å². The molecule has 0 aromatic rings. The van der Waals surface area contributed by atoms with Crippen molar-refractivity contribution in [2.45, 2.75) is 52.4 Å². The molecule has 1 rings (SSSR count). The molecule has 0 saturated carbocycles. The zero-order valence-electron chi connectivity index (χ0n) is 12.4. The number of ether oxygens (including phenoxy) is 1. The van der Waals surface area contributed by atoms with Crippen molar-refractivity contribution in [3.05, 3.63) is 0 Å². The summed E-state index contributed by atoms with van der Waals surface area (Å²) in [5.74, 6) is -0.289. The summed E-state index contributed by atoms with van der Waals surface area (Å²) in [6, 6.07) is -0.452. The van der Waals surface area contributed by atoms with E-state index in [-0.39, 0.29) is 30.2 Å². The molecule has 19 heavy (non-hydrogen) atoms. The van der Waals surface area contributed by atoms with E-state index in [1.165, 1.54) is 0 Å². The Hall–Kier alpha value is -1.14. The number of nitrogens with one attached hydrogen (secondary N) is 2. The standard InChI is InChI=1S/C13H25N3O3/c1-9-6-16(7-10(2)19-9)8-11(17)14-12(18)15-13(3,4)5/h9-10H,6-8H2,1-5H3,(H2,14,15,17,18)/t9-,10-/m0/s1. The van der Waals surface area contributed by atoms with Crippen molar-refractivity contribution in [2.24, 2.45) is 0 Å². The smallest absolute Gasteiger partial charge is 0.321 e. The van der Waals surface area contributed by atoms with Gasteiger partial charge in [0.2, 0.25) is 5.91 Å². The van der Waals surface area contributed by atoms with Gasteiger partial charge in [-0.25, -0.2) is 4.79 Å². The lowest BCUT2D eigenvalue weighted by Crippen LogP contribution is -2.53. The monoisotopic (exact) mass is 271 g/mol. The number of carbonyl (C=O) groups is 2. The lowest BCUT2D eigenvalue weighted by Gasteiger charge is -2.34. The normalized spacial score (nSPS) is 24.9. The third-order valence-electron chi connectivity index (χ3n) is 2.60. The number of amides is 3. The van der Waals surface area contributed by atoms with Crippen molar-refractivity contribution < 1.29 is 14.3 Å². The summed E-state index contributed by atoms with van der Waals surface area (Å²) < 4.78 is 5.59. The van der Waals surface area contributed by atoms with Gasteiger partial charge in [0.15, 0.2) is 0 Å². The molecule has 1 fully saturated rings. The molecule has 1 saturated heterocycles. The third kappa shape index (κ3) is 6.54. The van der Waals surface area contributed by atoms with E-state index in [9.17, 15) is 9.59 Å². The second-order valence-electron chi connectivity index (χ2n) is 6.20. The van der Waals surface area contributed by atoms with E-state index in [0.29, 0.717) is 13.1 Å². The molecule has 110 valence electrons. The van der Waals surface area contributed by atoms with Gasteiger partial charge >= 0.3 is 6.03 Å². The van der Waals surface area contributed by atoms with E-state index in [0.717, 1.165) is 0 Å². The number of hydrogen-bond donors (Lipinski definition) is 2. The summed E-state index contributed by atoms with van der Waals surface area (Å²) in [7, 11) is 0. The van der Waals surface area contributed by atoms with Crippen molar-refractivity contribution in [1.82, 2.24) is 15.5 Å². The molecule has 0 bridgehead atoms. The highest BCUT2D eigenvalue weighted by molar-refractivity contribution is 5.95. The summed E-state index contributed by atoms with van der Waals surface area (Å²) in [6.45, 7) is 11.2. The van der Waals surface area contributed by atoms with Gasteiger partial charge in [-0.3, -0.25) is 15.0 Å². The van der Waals surface area contributed by atoms with Gasteiger partial charge in [-0.1, -0.05) is 0 Å². The predicted molar refractivity (Wildman–Crippen MR) is 72.9 cm³/mol. The van der Waals surface area contributed by atoms with Crippen LogP contribution in [0, 0.1) is 0 Å². The molecule has 0 aliphatic carbocycles. The molecule has 0 unspecified atom stereocenters. The zero-order valence-corrected chi connectivity index (χ0v) is 12.4. The molecular weight excluding hydrogens is 246 g/mol. The van der Waals surface area contributed by atoms with Crippen LogP contribution in [0.1, 0.15) is 34.6 Å². The van der Waals surface area contributed by atoms with Crippen LogP contribution >= 0.6 is 0 Å². The van der Waals surface area contributed by atoms with Crippen LogP contribution in [-0.4, -0.2) is 54.2 Å². The Kier molecular flexibility index (Phi) is 5.31. The van der Waals surface area contributed by atoms with E-state index in [1.807, 2.05) is 39.5 Å². The highest BCUT2D eigenvalue weighted by Gasteiger charge is 2.24. The Bertz CT molecular complexity index is 329. The molecule has 6 heteroatoms. The molecule has 3 amide bonds. The van der Waals surface area contributed by atoms with E-state index in [1.54, 1.807) is 0 Å². The summed E-state index contributed by atoms with van der Waals surface area (Å²) in [5.41, 5.74) is -0.355. The number of imide groups is 1. The van der Waals surface area contributed by atoms with Gasteiger partial charge in [-0.15, -0.1) is 0 Å². The Morgan fingerprint density at radius 2 is 1.74 bits per heavy atom. The number of hydrogen-bond acceptors (Lipinski definition) is 4. The fourth-order valence-corrected chi connectivity index (χ4v) is 2.15. The molecular formula is C13H25N3O3. The molecule has 2 atom stereocenters. The first-order valence-electron chi connectivity index (χ1n) is 6.65. The molecule has 0 aromatic heterocycles. The SMILES string of the molecule is C[C@H]1CN(CC(=O)NC(=O)NC(C)(C)C)C[C@H](C)O1. The average molecular weight is 271 g/mol. The van der Waals surface area contributed by atoms with Crippen LogP contribution in [0.2, 0.25) is 0 Å². The summed E-state index contributed by atoms with van der Waals surface area (Å²) >= 11 is 0. The highest BCUT2D eigenvalue weighted by Crippen LogP contribution is 2.09. The van der Waals surface area contributed by atoms with Gasteiger partial charge in [-0.05, 0) is 34.6 Å². The van der Waals surface area contributed by atoms with E-state index in [4.69, 9.17) is 4.74 Å². The van der Waals surface area contributed by atoms with Crippen LogP contribution in [0.5, 0.6) is 0 Å². The van der Waals surface area contributed by atoms with Crippen molar-refractivity contribution in [3.8, 4) is 0 Å². The van der Waals surface area contributed by atoms with Crippen molar-refractivity contribution in [2.75, 3.05) is 19.6 Å². The fraction of sp³-hybridized carbons (Fsp3) is 0.846. The number of morpholine rings is 1. The summed E-state index contributed by atoms with van der Waals surface area (Å²) in [4.78, 5) is 25.3. The molecule has 0 radical (unpaired) electrons. The maximum Gasteiger partial charge on any atom is 0.321 e. The summed E-state index contributed by atoms with van der Waals surface area (Å²) in [5, 5.41) is 5.03. The van der Waals surface area contributed by atoms with Crippen molar-refractivity contribution in [1.29, 1.82) is 0 Å². The van der Waals surface area contributed by atoms with Gasteiger partial charge in [0.25, 0.3) is 0 Å². The number of carbonyl (C=O) groups excluding carboxylic acids is 2. The van der Waals surface area contributed by atoms with E-state index in [2.05, 4.69) is 10.6 Å². The van der Waals surface area contributed by atoms with Gasteiger partial charge in [0.1, 0.15) is 0 Å². The van der Waals surface area contributed by atoms with Crippen molar-refractivity contribution >= 4 is 11.9 Å². The van der Waals surface area contributed by atoms with Crippen LogP contribution in [0.15, 0.2) is 0 Å². The number of urea groups is 1. The van der Waals surface area contributed by atoms with Crippen LogP contribution < -0.4 is 10.6 Å². The largest absolute Gasteiger partial charge is 0.373 e. The maximum absolute atomic E-state index is 11.8. The molecule has 1 heterocycles. The number of nitrogens with zero attached hydrogens (tertiary/aromatic N) is 1. The molecule has 1 aliphatic rings. The lowest BCUT2D eigenvalue weighted by atomic mass is 10.1. The predicted octanol–water partition coefficient (Wildman–Crippen LogP) is 0.720. The molecule has 6 nitrogen and oxygen atoms in total. The van der Waals surface area contributed by atoms with E-state index < -0.39 is 6.03 Å². The van der Waals surface area contributed by atoms with Gasteiger partial charge in [0.05, 0.1) is 18.8 Å². The highest BCUT2D eigenvalue weighted by atomic mass is 16.5. The Morgan fingerprint density at radius 1 is 1.21 bits per heavy atom. The Balaban J connectivity index is 2.36. The summed E-state index contributed by atoms with van der Waals surface area (Å²) in [6.07, 6.45) is 0.222. The van der Waals surface area contributed by atoms with Crippen molar-refractivity contribution in [3.63, 3.8) is 0 Å². The van der Waals surface area contributed by atoms with E-state index >= 15 is 0 Å². The molecule has 1 aliphatic heterocycles. The van der Waals surface area contributed by atoms with Crippen LogP contribution in [0.3, 0.4) is 0 Å². The molecule has 0 aromatic carbocycles. The minimum Gasteiger partial charge on any atom is -0.373 e. The minimum atomic E-state index is -0.452. The molecule has 0 spiro atoms. The Morgan fingerprint density at radius 3 is 2.21 bits per heavy atom. The minimum absolute atomic E-state index is 0.111. The third-order valence-corrected chi connectivity index (χ3v) is 2.60. The topological polar surface area (TPSA) is 70.7 Å². The van der Waals surface area contributed by atoms with Crippen LogP contribution in [-0.2, 0) is 9.53 Å². The van der Waals surface area contributed by atoms with Gasteiger partial charge < -0.3 is 10.1 Å². The average Bonchev–Trinajstić information content (AvgIpc) is 2.10. The lowest BCUT2D eigenvalue weighted by molar-refractivity contribution is -0.124. The second kappa shape index (κ2) is 6.34. The number of rotatable bonds is 2. The van der Waals surface area contributed by atoms with Gasteiger partial charge in [-0.2, -0.15) is 0 Å².